The average Bonchev–Trinajstić information content (AvgIpc) is 2.53. The van der Waals surface area contributed by atoms with Crippen LogP contribution in [0.5, 0.6) is 0 Å². The Hall–Kier alpha value is -1.55. The van der Waals surface area contributed by atoms with E-state index < -0.39 is 6.04 Å². The van der Waals surface area contributed by atoms with Crippen molar-refractivity contribution in [2.45, 2.75) is 19.4 Å². The molecule has 2 amide bonds. The molecule has 0 aromatic heterocycles. The summed E-state index contributed by atoms with van der Waals surface area (Å²) in [6.07, 6.45) is 0.196. The van der Waals surface area contributed by atoms with Crippen molar-refractivity contribution in [1.29, 1.82) is 0 Å². The maximum absolute atomic E-state index is 11.7. The lowest BCUT2D eigenvalue weighted by Crippen LogP contribution is -2.31. The van der Waals surface area contributed by atoms with Gasteiger partial charge in [-0.25, -0.2) is 0 Å². The molecule has 1 aliphatic heterocycles. The molecule has 1 N–H and O–H groups in total. The number of halogens is 1. The van der Waals surface area contributed by atoms with Gasteiger partial charge in [-0.1, -0.05) is 17.7 Å². The number of carbonyl (C=O) groups excluding carboxylic acids is 2. The van der Waals surface area contributed by atoms with Gasteiger partial charge >= 0.3 is 0 Å². The summed E-state index contributed by atoms with van der Waals surface area (Å²) in [6.45, 7) is 1.87. The van der Waals surface area contributed by atoms with Crippen molar-refractivity contribution in [2.24, 2.45) is 0 Å². The molecule has 2 rings (SSSR count). The summed E-state index contributed by atoms with van der Waals surface area (Å²) in [5.41, 5.74) is 1.67. The first-order valence-electron chi connectivity index (χ1n) is 5.32. The molecule has 0 spiro atoms. The Kier molecular flexibility index (Phi) is 3.07. The zero-order valence-corrected chi connectivity index (χ0v) is 10.4. The number of nitrogens with zero attached hydrogens (tertiary/aromatic N) is 1. The van der Waals surface area contributed by atoms with Gasteiger partial charge in [-0.3, -0.25) is 14.5 Å². The highest BCUT2D eigenvalue weighted by Crippen LogP contribution is 2.25. The molecule has 0 saturated carbocycles. The lowest BCUT2D eigenvalue weighted by molar-refractivity contribution is -0.136. The monoisotopic (exact) mass is 252 g/mol. The molecule has 5 heteroatoms. The highest BCUT2D eigenvalue weighted by molar-refractivity contribution is 6.31. The molecular formula is C12H13ClN2O2. The minimum Gasteiger partial charge on any atom is -0.373 e. The van der Waals surface area contributed by atoms with Gasteiger partial charge in [-0.15, -0.1) is 0 Å². The van der Waals surface area contributed by atoms with E-state index in [1.54, 1.807) is 6.07 Å². The summed E-state index contributed by atoms with van der Waals surface area (Å²) in [6, 6.07) is 4.96. The predicted molar refractivity (Wildman–Crippen MR) is 66.0 cm³/mol. The number of carbonyl (C=O) groups is 2. The van der Waals surface area contributed by atoms with Gasteiger partial charge in [0.15, 0.2) is 0 Å². The van der Waals surface area contributed by atoms with Gasteiger partial charge in [0.1, 0.15) is 6.04 Å². The number of amides is 2. The van der Waals surface area contributed by atoms with Gasteiger partial charge < -0.3 is 5.32 Å². The van der Waals surface area contributed by atoms with E-state index in [2.05, 4.69) is 5.32 Å². The first-order valence-corrected chi connectivity index (χ1v) is 5.70. The van der Waals surface area contributed by atoms with Gasteiger partial charge in [0.2, 0.25) is 5.91 Å². The summed E-state index contributed by atoms with van der Waals surface area (Å²) in [5.74, 6) is -0.360. The lowest BCUT2D eigenvalue weighted by atomic mass is 10.1. The quantitative estimate of drug-likeness (QED) is 0.817. The van der Waals surface area contributed by atoms with Crippen molar-refractivity contribution in [3.8, 4) is 0 Å². The van der Waals surface area contributed by atoms with E-state index in [0.717, 1.165) is 16.2 Å². The van der Waals surface area contributed by atoms with Crippen LogP contribution in [0.1, 0.15) is 12.0 Å². The number of likely N-dealkylation sites (N-methyl/N-ethyl adjacent to an activating group) is 1. The molecule has 4 nitrogen and oxygen atoms in total. The number of hydrogen-bond acceptors (Lipinski definition) is 3. The summed E-state index contributed by atoms with van der Waals surface area (Å²) in [4.78, 5) is 24.3. The second kappa shape index (κ2) is 4.37. The molecule has 1 unspecified atom stereocenters. The van der Waals surface area contributed by atoms with Gasteiger partial charge in [0, 0.05) is 17.8 Å². The molecule has 1 atom stereocenters. The van der Waals surface area contributed by atoms with Crippen LogP contribution in [0.15, 0.2) is 18.2 Å². The second-order valence-electron chi connectivity index (χ2n) is 4.10. The topological polar surface area (TPSA) is 49.4 Å². The molecular weight excluding hydrogens is 240 g/mol. The molecule has 1 heterocycles. The Morgan fingerprint density at radius 1 is 1.41 bits per heavy atom. The molecule has 0 bridgehead atoms. The molecule has 90 valence electrons. The standard InChI is InChI=1S/C12H13ClN2O2/c1-7-8(13)4-3-5-9(7)14-10-6-11(16)15(2)12(10)17/h3-5,10,14H,6H2,1-2H3. The van der Waals surface area contributed by atoms with Gasteiger partial charge in [0.25, 0.3) is 5.91 Å². The third kappa shape index (κ3) is 2.13. The molecule has 17 heavy (non-hydrogen) atoms. The van der Waals surface area contributed by atoms with E-state index in [4.69, 9.17) is 11.6 Å². The van der Waals surface area contributed by atoms with Crippen LogP contribution in [0.2, 0.25) is 5.02 Å². The van der Waals surface area contributed by atoms with E-state index in [9.17, 15) is 9.59 Å². The van der Waals surface area contributed by atoms with Crippen molar-refractivity contribution in [1.82, 2.24) is 4.90 Å². The Balaban J connectivity index is 2.20. The van der Waals surface area contributed by atoms with Crippen LogP contribution in [-0.2, 0) is 9.59 Å². The minimum absolute atomic E-state index is 0.160. The van der Waals surface area contributed by atoms with Crippen LogP contribution in [0.4, 0.5) is 5.69 Å². The summed E-state index contributed by atoms with van der Waals surface area (Å²) in [5, 5.41) is 3.70. The number of rotatable bonds is 2. The fraction of sp³-hybridized carbons (Fsp3) is 0.333. The normalized spacial score (nSPS) is 19.9. The lowest BCUT2D eigenvalue weighted by Gasteiger charge is -2.15. The van der Waals surface area contributed by atoms with Crippen LogP contribution >= 0.6 is 11.6 Å². The van der Waals surface area contributed by atoms with Crippen LogP contribution in [0.25, 0.3) is 0 Å². The van der Waals surface area contributed by atoms with Crippen molar-refractivity contribution in [3.05, 3.63) is 28.8 Å². The average molecular weight is 253 g/mol. The second-order valence-corrected chi connectivity index (χ2v) is 4.51. The van der Waals surface area contributed by atoms with Gasteiger partial charge in [-0.05, 0) is 24.6 Å². The number of benzene rings is 1. The summed E-state index contributed by atoms with van der Waals surface area (Å²) >= 11 is 5.99. The first-order chi connectivity index (χ1) is 8.00. The first kappa shape index (κ1) is 11.9. The van der Waals surface area contributed by atoms with E-state index >= 15 is 0 Å². The predicted octanol–water partition coefficient (Wildman–Crippen LogP) is 1.82. The Morgan fingerprint density at radius 3 is 2.71 bits per heavy atom. The van der Waals surface area contributed by atoms with Crippen LogP contribution < -0.4 is 5.32 Å². The largest absolute Gasteiger partial charge is 0.373 e. The fourth-order valence-corrected chi connectivity index (χ4v) is 1.99. The summed E-state index contributed by atoms with van der Waals surface area (Å²) in [7, 11) is 1.50. The molecule has 1 saturated heterocycles. The Labute approximate surface area is 105 Å². The zero-order chi connectivity index (χ0) is 12.6. The van der Waals surface area contributed by atoms with E-state index in [0.29, 0.717) is 5.02 Å². The minimum atomic E-state index is -0.482. The molecule has 0 aliphatic carbocycles. The van der Waals surface area contributed by atoms with Crippen LogP contribution in [0.3, 0.4) is 0 Å². The van der Waals surface area contributed by atoms with Crippen molar-refractivity contribution in [3.63, 3.8) is 0 Å². The van der Waals surface area contributed by atoms with E-state index in [1.807, 2.05) is 19.1 Å². The molecule has 1 aliphatic rings. The number of anilines is 1. The highest BCUT2D eigenvalue weighted by atomic mass is 35.5. The fourth-order valence-electron chi connectivity index (χ4n) is 1.82. The molecule has 1 aromatic rings. The molecule has 0 radical (unpaired) electrons. The third-order valence-electron chi connectivity index (χ3n) is 2.98. The number of imide groups is 1. The highest BCUT2D eigenvalue weighted by Gasteiger charge is 2.36. The molecule has 1 aromatic carbocycles. The molecule has 1 fully saturated rings. The smallest absolute Gasteiger partial charge is 0.251 e. The third-order valence-corrected chi connectivity index (χ3v) is 3.39. The van der Waals surface area contributed by atoms with Gasteiger partial charge in [0.05, 0.1) is 6.42 Å². The maximum Gasteiger partial charge on any atom is 0.251 e. The SMILES string of the molecule is Cc1c(Cl)cccc1NC1CC(=O)N(C)C1=O. The zero-order valence-electron chi connectivity index (χ0n) is 9.66. The van der Waals surface area contributed by atoms with Crippen LogP contribution in [0, 0.1) is 6.92 Å². The maximum atomic E-state index is 11.7. The van der Waals surface area contributed by atoms with Crippen molar-refractivity contribution >= 4 is 29.1 Å². The number of likely N-dealkylation sites (tertiary alicyclic amines) is 1. The van der Waals surface area contributed by atoms with Crippen molar-refractivity contribution < 1.29 is 9.59 Å². The number of hydrogen-bond donors (Lipinski definition) is 1. The number of nitrogens with one attached hydrogen (secondary N) is 1. The van der Waals surface area contributed by atoms with Crippen LogP contribution in [-0.4, -0.2) is 29.8 Å². The Bertz CT molecular complexity index is 487. The van der Waals surface area contributed by atoms with E-state index in [1.165, 1.54) is 7.05 Å². The van der Waals surface area contributed by atoms with Gasteiger partial charge in [-0.2, -0.15) is 0 Å². The van der Waals surface area contributed by atoms with E-state index in [-0.39, 0.29) is 18.2 Å². The summed E-state index contributed by atoms with van der Waals surface area (Å²) < 4.78 is 0. The van der Waals surface area contributed by atoms with Crippen molar-refractivity contribution in [2.75, 3.05) is 12.4 Å². The Morgan fingerprint density at radius 2 is 2.12 bits per heavy atom.